The summed E-state index contributed by atoms with van der Waals surface area (Å²) < 4.78 is 25.6. The van der Waals surface area contributed by atoms with E-state index in [1.54, 1.807) is 43.0 Å². The number of hydrogen-bond donors (Lipinski definition) is 1. The Kier molecular flexibility index (Phi) is 7.02. The van der Waals surface area contributed by atoms with E-state index in [1.807, 2.05) is 30.5 Å². The third-order valence-electron chi connectivity index (χ3n) is 7.31. The predicted molar refractivity (Wildman–Crippen MR) is 151 cm³/mol. The second-order valence-corrected chi connectivity index (χ2v) is 11.6. The van der Waals surface area contributed by atoms with Crippen molar-refractivity contribution in [3.63, 3.8) is 0 Å². The standard InChI is InChI=1S/C29H32ClFN6O3/c1-18(31)40-27-7-4-19(10-33-27)13-36-21-8-22(36)15-35(14-21)26-6-5-20(11-32-26)24-9-23(39-17-29(2,3)38)16-37-28(24)25(30)12-34-37/h4-7,9-12,16,18,21-22,38H,8,13-15,17H2,1-3H3. The van der Waals surface area contributed by atoms with Crippen molar-refractivity contribution in [3.05, 3.63) is 65.7 Å². The molecule has 7 rings (SSSR count). The van der Waals surface area contributed by atoms with Crippen molar-refractivity contribution in [1.29, 1.82) is 0 Å². The number of ether oxygens (including phenoxy) is 2. The molecule has 3 unspecified atom stereocenters. The van der Waals surface area contributed by atoms with Crippen molar-refractivity contribution in [2.75, 3.05) is 24.6 Å². The summed E-state index contributed by atoms with van der Waals surface area (Å²) in [5.41, 5.74) is 2.65. The number of piperidine rings is 1. The molecule has 7 heterocycles. The first-order chi connectivity index (χ1) is 19.1. The lowest BCUT2D eigenvalue weighted by Crippen LogP contribution is -2.68. The molecule has 0 saturated carbocycles. The highest BCUT2D eigenvalue weighted by atomic mass is 35.5. The molecule has 11 heteroatoms. The van der Waals surface area contributed by atoms with E-state index in [0.29, 0.717) is 28.7 Å². The number of aliphatic hydroxyl groups is 1. The fourth-order valence-corrected chi connectivity index (χ4v) is 5.67. The van der Waals surface area contributed by atoms with Crippen molar-refractivity contribution in [2.45, 2.75) is 57.8 Å². The molecule has 3 atom stereocenters. The minimum Gasteiger partial charge on any atom is -0.489 e. The molecule has 3 aliphatic rings. The Bertz CT molecular complexity index is 1480. The average Bonchev–Trinajstić information content (AvgIpc) is 3.31. The van der Waals surface area contributed by atoms with Crippen LogP contribution in [0.1, 0.15) is 32.8 Å². The number of aromatic nitrogens is 4. The maximum atomic E-state index is 13.0. The van der Waals surface area contributed by atoms with Crippen molar-refractivity contribution >= 4 is 22.9 Å². The van der Waals surface area contributed by atoms with Crippen LogP contribution >= 0.6 is 11.6 Å². The first kappa shape index (κ1) is 26.7. The first-order valence-corrected chi connectivity index (χ1v) is 13.8. The number of fused-ring (bicyclic) bond motifs is 3. The third kappa shape index (κ3) is 5.56. The monoisotopic (exact) mass is 566 g/mol. The number of nitrogens with zero attached hydrogens (tertiary/aromatic N) is 6. The van der Waals surface area contributed by atoms with Crippen molar-refractivity contribution < 1.29 is 19.0 Å². The zero-order chi connectivity index (χ0) is 28.0. The van der Waals surface area contributed by atoms with Crippen molar-refractivity contribution in [1.82, 2.24) is 24.5 Å². The van der Waals surface area contributed by atoms with E-state index in [9.17, 15) is 9.50 Å². The number of halogens is 2. The van der Waals surface area contributed by atoms with E-state index in [2.05, 4.69) is 19.9 Å². The smallest absolute Gasteiger partial charge is 0.237 e. The van der Waals surface area contributed by atoms with E-state index >= 15 is 0 Å². The molecular weight excluding hydrogens is 535 g/mol. The Balaban J connectivity index is 1.14. The predicted octanol–water partition coefficient (Wildman–Crippen LogP) is 4.75. The zero-order valence-corrected chi connectivity index (χ0v) is 23.4. The quantitative estimate of drug-likeness (QED) is 0.310. The van der Waals surface area contributed by atoms with Gasteiger partial charge in [-0.2, -0.15) is 5.10 Å². The van der Waals surface area contributed by atoms with Gasteiger partial charge in [0.2, 0.25) is 12.2 Å². The molecule has 40 heavy (non-hydrogen) atoms. The summed E-state index contributed by atoms with van der Waals surface area (Å²) >= 11 is 6.48. The summed E-state index contributed by atoms with van der Waals surface area (Å²) in [6.07, 6.45) is 6.77. The van der Waals surface area contributed by atoms with Gasteiger partial charge in [-0.15, -0.1) is 0 Å². The van der Waals surface area contributed by atoms with Crippen LogP contribution in [0.15, 0.2) is 55.1 Å². The van der Waals surface area contributed by atoms with Crippen LogP contribution in [0, 0.1) is 0 Å². The average molecular weight is 567 g/mol. The molecule has 0 aliphatic carbocycles. The molecule has 0 radical (unpaired) electrons. The van der Waals surface area contributed by atoms with Gasteiger partial charge < -0.3 is 19.5 Å². The highest BCUT2D eigenvalue weighted by molar-refractivity contribution is 6.34. The molecule has 4 aromatic heterocycles. The second kappa shape index (κ2) is 10.5. The fraction of sp³-hybridized carbons (Fsp3) is 0.414. The van der Waals surface area contributed by atoms with Crippen molar-refractivity contribution in [2.24, 2.45) is 0 Å². The normalized spacial score (nSPS) is 19.9. The van der Waals surface area contributed by atoms with Gasteiger partial charge in [-0.25, -0.2) is 18.9 Å². The molecule has 0 amide bonds. The first-order valence-electron chi connectivity index (χ1n) is 13.4. The number of anilines is 1. The number of piperazine rings is 1. The number of hydrogen-bond acceptors (Lipinski definition) is 8. The molecule has 3 saturated heterocycles. The molecule has 1 N–H and O–H groups in total. The maximum Gasteiger partial charge on any atom is 0.237 e. The summed E-state index contributed by atoms with van der Waals surface area (Å²) in [5.74, 6) is 1.82. The lowest BCUT2D eigenvalue weighted by Gasteiger charge is -2.56. The topological polar surface area (TPSA) is 88.2 Å². The fourth-order valence-electron chi connectivity index (χ4n) is 5.43. The Hall–Kier alpha value is -3.47. The molecule has 2 bridgehead atoms. The summed E-state index contributed by atoms with van der Waals surface area (Å²) in [7, 11) is 0. The Morgan fingerprint density at radius 1 is 1.12 bits per heavy atom. The Morgan fingerprint density at radius 2 is 1.93 bits per heavy atom. The van der Waals surface area contributed by atoms with Gasteiger partial charge in [0.05, 0.1) is 28.5 Å². The van der Waals surface area contributed by atoms with E-state index in [4.69, 9.17) is 26.1 Å². The van der Waals surface area contributed by atoms with Gasteiger partial charge in [-0.1, -0.05) is 17.7 Å². The van der Waals surface area contributed by atoms with Gasteiger partial charge in [0.1, 0.15) is 18.2 Å². The van der Waals surface area contributed by atoms with Crippen LogP contribution in [0.25, 0.3) is 16.6 Å². The number of rotatable bonds is 9. The van der Waals surface area contributed by atoms with Gasteiger partial charge in [0, 0.05) is 68.2 Å². The molecule has 4 aromatic rings. The van der Waals surface area contributed by atoms with Crippen LogP contribution < -0.4 is 14.4 Å². The van der Waals surface area contributed by atoms with E-state index in [-0.39, 0.29) is 6.61 Å². The minimum atomic E-state index is -1.38. The van der Waals surface area contributed by atoms with Crippen LogP contribution in [-0.4, -0.2) is 73.3 Å². The Labute approximate surface area is 237 Å². The minimum absolute atomic E-state index is 0.146. The highest BCUT2D eigenvalue weighted by Gasteiger charge is 2.44. The van der Waals surface area contributed by atoms with E-state index < -0.39 is 12.0 Å². The summed E-state index contributed by atoms with van der Waals surface area (Å²) in [4.78, 5) is 13.9. The molecule has 9 nitrogen and oxygen atoms in total. The SMILES string of the molecule is CC(F)Oc1ccc(CN2C3CC2CN(c2ccc(-c4cc(OCC(C)(C)O)cn5ncc(Cl)c45)cn2)C3)cn1. The lowest BCUT2D eigenvalue weighted by atomic mass is 9.87. The molecule has 3 fully saturated rings. The third-order valence-corrected chi connectivity index (χ3v) is 7.58. The number of pyridine rings is 3. The van der Waals surface area contributed by atoms with Crippen LogP contribution in [0.3, 0.4) is 0 Å². The van der Waals surface area contributed by atoms with Gasteiger partial charge in [-0.05, 0) is 44.0 Å². The van der Waals surface area contributed by atoms with Crippen LogP contribution in [0.5, 0.6) is 11.6 Å². The van der Waals surface area contributed by atoms with Crippen LogP contribution in [-0.2, 0) is 6.54 Å². The van der Waals surface area contributed by atoms with Gasteiger partial charge in [0.15, 0.2) is 0 Å². The zero-order valence-electron chi connectivity index (χ0n) is 22.7. The molecule has 3 aliphatic heterocycles. The highest BCUT2D eigenvalue weighted by Crippen LogP contribution is 2.37. The maximum absolute atomic E-state index is 13.0. The molecule has 210 valence electrons. The summed E-state index contributed by atoms with van der Waals surface area (Å²) in [6.45, 7) is 7.49. The number of alkyl halides is 1. The van der Waals surface area contributed by atoms with Crippen LogP contribution in [0.2, 0.25) is 5.02 Å². The molecular formula is C29H32ClFN6O3. The molecule has 0 aromatic carbocycles. The summed E-state index contributed by atoms with van der Waals surface area (Å²) in [6, 6.07) is 10.6. The van der Waals surface area contributed by atoms with Gasteiger partial charge in [0.25, 0.3) is 0 Å². The summed E-state index contributed by atoms with van der Waals surface area (Å²) in [5, 5.41) is 15.0. The van der Waals surface area contributed by atoms with Gasteiger partial charge in [-0.3, -0.25) is 4.90 Å². The lowest BCUT2D eigenvalue weighted by molar-refractivity contribution is -0.00880. The van der Waals surface area contributed by atoms with Crippen LogP contribution in [0.4, 0.5) is 10.2 Å². The van der Waals surface area contributed by atoms with Gasteiger partial charge >= 0.3 is 0 Å². The van der Waals surface area contributed by atoms with Crippen molar-refractivity contribution in [3.8, 4) is 22.8 Å². The second-order valence-electron chi connectivity index (χ2n) is 11.2. The van der Waals surface area contributed by atoms with E-state index in [1.165, 1.54) is 6.92 Å². The van der Waals surface area contributed by atoms with E-state index in [0.717, 1.165) is 54.1 Å². The largest absolute Gasteiger partial charge is 0.489 e. The molecule has 0 spiro atoms. The Morgan fingerprint density at radius 3 is 2.58 bits per heavy atom.